The second-order valence-corrected chi connectivity index (χ2v) is 7.02. The van der Waals surface area contributed by atoms with Crippen molar-refractivity contribution in [3.63, 3.8) is 0 Å². The highest BCUT2D eigenvalue weighted by Crippen LogP contribution is 2.33. The van der Waals surface area contributed by atoms with Gasteiger partial charge in [0.2, 0.25) is 0 Å². The molecular weight excluding hydrogens is 320 g/mol. The molecule has 25 heavy (non-hydrogen) atoms. The topological polar surface area (TPSA) is 60.0 Å². The maximum absolute atomic E-state index is 13.0. The first-order valence-corrected chi connectivity index (χ1v) is 9.24. The summed E-state index contributed by atoms with van der Waals surface area (Å²) in [6, 6.07) is 5.64. The number of hydrogen-bond donors (Lipinski definition) is 1. The summed E-state index contributed by atoms with van der Waals surface area (Å²) in [5, 5.41) is 3.31. The van der Waals surface area contributed by atoms with E-state index in [4.69, 9.17) is 14.2 Å². The molecule has 2 saturated heterocycles. The number of carbonyl (C=O) groups is 1. The van der Waals surface area contributed by atoms with Crippen molar-refractivity contribution in [1.82, 2.24) is 10.2 Å². The van der Waals surface area contributed by atoms with Crippen LogP contribution in [0.3, 0.4) is 0 Å². The number of nitrogens with one attached hydrogen (secondary N) is 1. The van der Waals surface area contributed by atoms with Crippen molar-refractivity contribution in [3.05, 3.63) is 23.8 Å². The maximum Gasteiger partial charge on any atom is 0.254 e. The van der Waals surface area contributed by atoms with Crippen LogP contribution in [0.4, 0.5) is 0 Å². The second-order valence-electron chi connectivity index (χ2n) is 7.02. The zero-order valence-corrected chi connectivity index (χ0v) is 14.7. The quantitative estimate of drug-likeness (QED) is 0.901. The van der Waals surface area contributed by atoms with Gasteiger partial charge >= 0.3 is 0 Å². The average molecular weight is 346 g/mol. The van der Waals surface area contributed by atoms with Crippen LogP contribution in [0.2, 0.25) is 0 Å². The third kappa shape index (κ3) is 3.33. The van der Waals surface area contributed by atoms with Crippen molar-refractivity contribution >= 4 is 5.91 Å². The summed E-state index contributed by atoms with van der Waals surface area (Å²) in [4.78, 5) is 14.9. The molecule has 0 radical (unpaired) electrons. The first-order valence-electron chi connectivity index (χ1n) is 9.24. The summed E-state index contributed by atoms with van der Waals surface area (Å²) < 4.78 is 17.3. The predicted molar refractivity (Wildman–Crippen MR) is 93.3 cm³/mol. The van der Waals surface area contributed by atoms with E-state index in [9.17, 15) is 4.79 Å². The van der Waals surface area contributed by atoms with Crippen molar-refractivity contribution in [3.8, 4) is 11.5 Å². The molecule has 1 saturated carbocycles. The fraction of sp³-hybridized carbons (Fsp3) is 0.632. The van der Waals surface area contributed by atoms with E-state index in [0.717, 1.165) is 31.7 Å². The molecule has 2 atom stereocenters. The van der Waals surface area contributed by atoms with Gasteiger partial charge in [0.25, 0.3) is 5.91 Å². The lowest BCUT2D eigenvalue weighted by Gasteiger charge is -2.37. The van der Waals surface area contributed by atoms with E-state index in [1.54, 1.807) is 13.2 Å². The Labute approximate surface area is 148 Å². The largest absolute Gasteiger partial charge is 0.493 e. The van der Waals surface area contributed by atoms with E-state index < -0.39 is 0 Å². The number of nitrogens with zero attached hydrogens (tertiary/aromatic N) is 1. The van der Waals surface area contributed by atoms with Crippen LogP contribution in [0.1, 0.15) is 36.0 Å². The number of morpholine rings is 1. The minimum atomic E-state index is 0.0349. The van der Waals surface area contributed by atoms with Gasteiger partial charge in [-0.15, -0.1) is 0 Å². The summed E-state index contributed by atoms with van der Waals surface area (Å²) in [5.74, 6) is 1.40. The van der Waals surface area contributed by atoms with Crippen molar-refractivity contribution in [2.45, 2.75) is 43.9 Å². The molecule has 0 unspecified atom stereocenters. The molecule has 0 spiro atoms. The lowest BCUT2D eigenvalue weighted by Crippen LogP contribution is -2.53. The minimum Gasteiger partial charge on any atom is -0.493 e. The van der Waals surface area contributed by atoms with Crippen molar-refractivity contribution in [2.24, 2.45) is 0 Å². The summed E-state index contributed by atoms with van der Waals surface area (Å²) >= 11 is 0. The Morgan fingerprint density at radius 2 is 2.08 bits per heavy atom. The van der Waals surface area contributed by atoms with Crippen molar-refractivity contribution < 1.29 is 19.0 Å². The lowest BCUT2D eigenvalue weighted by atomic mass is 10.1. The molecule has 3 aliphatic rings. The lowest BCUT2D eigenvalue weighted by molar-refractivity contribution is -0.0364. The molecular formula is C19H26N2O4. The van der Waals surface area contributed by atoms with Crippen LogP contribution in [0, 0.1) is 0 Å². The number of methoxy groups -OCH3 is 1. The molecule has 1 N–H and O–H groups in total. The fourth-order valence-corrected chi connectivity index (χ4v) is 4.09. The number of fused-ring (bicyclic) bond motifs is 1. The number of amides is 1. The maximum atomic E-state index is 13.0. The molecule has 6 heteroatoms. The van der Waals surface area contributed by atoms with Crippen molar-refractivity contribution in [1.29, 1.82) is 0 Å². The molecule has 6 nitrogen and oxygen atoms in total. The Morgan fingerprint density at radius 1 is 1.24 bits per heavy atom. The molecule has 1 aliphatic carbocycles. The molecule has 0 bridgehead atoms. The van der Waals surface area contributed by atoms with Gasteiger partial charge in [0.15, 0.2) is 11.5 Å². The van der Waals surface area contributed by atoms with Gasteiger partial charge in [-0.05, 0) is 43.9 Å². The molecule has 1 amide bonds. The minimum absolute atomic E-state index is 0.0349. The van der Waals surface area contributed by atoms with Gasteiger partial charge in [0.05, 0.1) is 32.0 Å². The first-order chi connectivity index (χ1) is 12.3. The molecule has 0 aromatic heterocycles. The van der Waals surface area contributed by atoms with Crippen LogP contribution >= 0.6 is 0 Å². The Hall–Kier alpha value is -1.79. The summed E-state index contributed by atoms with van der Waals surface area (Å²) in [6.07, 6.45) is 4.99. The Kier molecular flexibility index (Phi) is 4.81. The summed E-state index contributed by atoms with van der Waals surface area (Å²) in [6.45, 7) is 2.82. The molecule has 1 aromatic rings. The average Bonchev–Trinajstić information content (AvgIpc) is 3.32. The molecule has 136 valence electrons. The fourth-order valence-electron chi connectivity index (χ4n) is 4.09. The normalized spacial score (nSPS) is 26.5. The van der Waals surface area contributed by atoms with Gasteiger partial charge in [-0.2, -0.15) is 0 Å². The van der Waals surface area contributed by atoms with Crippen LogP contribution in [0.25, 0.3) is 0 Å². The van der Waals surface area contributed by atoms with Crippen LogP contribution < -0.4 is 14.8 Å². The monoisotopic (exact) mass is 346 g/mol. The van der Waals surface area contributed by atoms with Gasteiger partial charge in [0, 0.05) is 25.2 Å². The van der Waals surface area contributed by atoms with Gasteiger partial charge in [-0.3, -0.25) is 4.79 Å². The van der Waals surface area contributed by atoms with Gasteiger partial charge in [0.1, 0.15) is 0 Å². The van der Waals surface area contributed by atoms with Crippen LogP contribution in [0.15, 0.2) is 18.2 Å². The van der Waals surface area contributed by atoms with E-state index >= 15 is 0 Å². The third-order valence-electron chi connectivity index (χ3n) is 5.46. The van der Waals surface area contributed by atoms with Gasteiger partial charge in [-0.25, -0.2) is 0 Å². The summed E-state index contributed by atoms with van der Waals surface area (Å²) in [5.41, 5.74) is 0.642. The number of ether oxygens (including phenoxy) is 3. The van der Waals surface area contributed by atoms with Crippen molar-refractivity contribution in [2.75, 3.05) is 33.4 Å². The first kappa shape index (κ1) is 16.7. The number of rotatable bonds is 4. The van der Waals surface area contributed by atoms with Crippen LogP contribution in [-0.2, 0) is 4.74 Å². The zero-order chi connectivity index (χ0) is 17.2. The zero-order valence-electron chi connectivity index (χ0n) is 14.7. The van der Waals surface area contributed by atoms with E-state index in [0.29, 0.717) is 24.5 Å². The van der Waals surface area contributed by atoms with E-state index in [2.05, 4.69) is 5.32 Å². The Morgan fingerprint density at radius 3 is 2.88 bits per heavy atom. The predicted octanol–water partition coefficient (Wildman–Crippen LogP) is 1.83. The number of hydrogen-bond acceptors (Lipinski definition) is 5. The van der Waals surface area contributed by atoms with E-state index in [1.807, 2.05) is 17.0 Å². The molecule has 4 rings (SSSR count). The SMILES string of the molecule is COc1cc(C(=O)N2CCO[C@H]3CNC[C@H]32)ccc1OC1CCCC1. The highest BCUT2D eigenvalue weighted by molar-refractivity contribution is 5.95. The van der Waals surface area contributed by atoms with E-state index in [-0.39, 0.29) is 24.2 Å². The number of carbonyl (C=O) groups excluding carboxylic acids is 1. The summed E-state index contributed by atoms with van der Waals surface area (Å²) in [7, 11) is 1.62. The smallest absolute Gasteiger partial charge is 0.254 e. The highest BCUT2D eigenvalue weighted by atomic mass is 16.5. The number of benzene rings is 1. The van der Waals surface area contributed by atoms with Gasteiger partial charge < -0.3 is 24.4 Å². The molecule has 3 fully saturated rings. The second kappa shape index (κ2) is 7.22. The Balaban J connectivity index is 1.52. The third-order valence-corrected chi connectivity index (χ3v) is 5.46. The standard InChI is InChI=1S/C19H26N2O4/c1-23-17-10-13(6-7-16(17)25-14-4-2-3-5-14)19(22)21-8-9-24-18-12-20-11-15(18)21/h6-7,10,14-15,18,20H,2-5,8-9,11-12H2,1H3/t15-,18+/m1/s1. The van der Waals surface area contributed by atoms with E-state index in [1.165, 1.54) is 12.8 Å². The van der Waals surface area contributed by atoms with Crippen LogP contribution in [0.5, 0.6) is 11.5 Å². The van der Waals surface area contributed by atoms with Gasteiger partial charge in [-0.1, -0.05) is 0 Å². The Bertz CT molecular complexity index is 630. The van der Waals surface area contributed by atoms with Crippen LogP contribution in [-0.4, -0.2) is 62.4 Å². The molecule has 1 aromatic carbocycles. The highest BCUT2D eigenvalue weighted by Gasteiger charge is 2.38. The molecule has 2 aliphatic heterocycles. The molecule has 2 heterocycles.